The first-order chi connectivity index (χ1) is 8.25. The SMILES string of the molecule is Cn1nnnc1Sc1ccc2scnc2c1N. The predicted molar refractivity (Wildman–Crippen MR) is 67.0 cm³/mol. The van der Waals surface area contributed by atoms with E-state index in [9.17, 15) is 0 Å². The van der Waals surface area contributed by atoms with Gasteiger partial charge in [0, 0.05) is 11.9 Å². The molecule has 2 heterocycles. The van der Waals surface area contributed by atoms with Crippen LogP contribution < -0.4 is 5.73 Å². The third-order valence-electron chi connectivity index (χ3n) is 2.28. The highest BCUT2D eigenvalue weighted by molar-refractivity contribution is 7.99. The van der Waals surface area contributed by atoms with Gasteiger partial charge in [-0.3, -0.25) is 0 Å². The second-order valence-electron chi connectivity index (χ2n) is 3.36. The largest absolute Gasteiger partial charge is 0.396 e. The van der Waals surface area contributed by atoms with E-state index >= 15 is 0 Å². The Balaban J connectivity index is 2.06. The van der Waals surface area contributed by atoms with Crippen LogP contribution in [0.5, 0.6) is 0 Å². The molecule has 8 heteroatoms. The zero-order valence-electron chi connectivity index (χ0n) is 8.86. The van der Waals surface area contributed by atoms with Crippen LogP contribution in [0.1, 0.15) is 0 Å². The quantitative estimate of drug-likeness (QED) is 0.707. The van der Waals surface area contributed by atoms with Gasteiger partial charge in [-0.15, -0.1) is 16.4 Å². The molecule has 0 bridgehead atoms. The fraction of sp³-hybridized carbons (Fsp3) is 0.111. The summed E-state index contributed by atoms with van der Waals surface area (Å²) in [6.07, 6.45) is 0. The monoisotopic (exact) mass is 264 g/mol. The Hall–Kier alpha value is -1.67. The molecule has 17 heavy (non-hydrogen) atoms. The number of aryl methyl sites for hydroxylation is 1. The number of nitrogens with two attached hydrogens (primary N) is 1. The minimum Gasteiger partial charge on any atom is -0.396 e. The summed E-state index contributed by atoms with van der Waals surface area (Å²) in [4.78, 5) is 5.17. The van der Waals surface area contributed by atoms with Gasteiger partial charge in [0.25, 0.3) is 0 Å². The van der Waals surface area contributed by atoms with Crippen molar-refractivity contribution in [3.63, 3.8) is 0 Å². The van der Waals surface area contributed by atoms with E-state index in [1.807, 2.05) is 12.1 Å². The lowest BCUT2D eigenvalue weighted by molar-refractivity contribution is 0.664. The molecule has 3 rings (SSSR count). The van der Waals surface area contributed by atoms with E-state index in [-0.39, 0.29) is 0 Å². The lowest BCUT2D eigenvalue weighted by Crippen LogP contribution is -1.95. The summed E-state index contributed by atoms with van der Waals surface area (Å²) in [6, 6.07) is 3.98. The van der Waals surface area contributed by atoms with Crippen molar-refractivity contribution in [1.29, 1.82) is 0 Å². The molecule has 6 nitrogen and oxygen atoms in total. The lowest BCUT2D eigenvalue weighted by Gasteiger charge is -2.03. The zero-order chi connectivity index (χ0) is 11.8. The number of anilines is 1. The van der Waals surface area contributed by atoms with Crippen molar-refractivity contribution in [2.75, 3.05) is 5.73 Å². The summed E-state index contributed by atoms with van der Waals surface area (Å²) < 4.78 is 2.69. The molecule has 0 saturated heterocycles. The number of rotatable bonds is 2. The highest BCUT2D eigenvalue weighted by Gasteiger charge is 2.11. The van der Waals surface area contributed by atoms with Crippen LogP contribution in [0.25, 0.3) is 10.2 Å². The average Bonchev–Trinajstić information content (AvgIpc) is 2.92. The maximum absolute atomic E-state index is 6.08. The van der Waals surface area contributed by atoms with E-state index in [0.717, 1.165) is 15.1 Å². The Morgan fingerprint density at radius 2 is 2.29 bits per heavy atom. The second kappa shape index (κ2) is 3.97. The Morgan fingerprint density at radius 3 is 3.06 bits per heavy atom. The van der Waals surface area contributed by atoms with Crippen molar-refractivity contribution >= 4 is 39.0 Å². The molecule has 0 fully saturated rings. The number of hydrogen-bond acceptors (Lipinski definition) is 7. The number of tetrazole rings is 1. The molecular formula is C9H8N6S2. The molecule has 2 N–H and O–H groups in total. The number of fused-ring (bicyclic) bond motifs is 1. The van der Waals surface area contributed by atoms with Crippen LogP contribution in [0.2, 0.25) is 0 Å². The highest BCUT2D eigenvalue weighted by Crippen LogP contribution is 2.35. The van der Waals surface area contributed by atoms with Crippen LogP contribution in [-0.4, -0.2) is 25.2 Å². The Morgan fingerprint density at radius 1 is 1.41 bits per heavy atom. The van der Waals surface area contributed by atoms with Gasteiger partial charge in [0.2, 0.25) is 5.16 Å². The molecule has 86 valence electrons. The molecule has 0 aliphatic heterocycles. The molecule has 3 aromatic rings. The second-order valence-corrected chi connectivity index (χ2v) is 5.26. The summed E-state index contributed by atoms with van der Waals surface area (Å²) in [5, 5.41) is 12.0. The van der Waals surface area contributed by atoms with Gasteiger partial charge in [-0.2, -0.15) is 0 Å². The first-order valence-corrected chi connectivity index (χ1v) is 6.47. The van der Waals surface area contributed by atoms with Crippen molar-refractivity contribution < 1.29 is 0 Å². The van der Waals surface area contributed by atoms with E-state index in [1.165, 1.54) is 11.8 Å². The van der Waals surface area contributed by atoms with Crippen LogP contribution >= 0.6 is 23.1 Å². The van der Waals surface area contributed by atoms with E-state index in [2.05, 4.69) is 20.5 Å². The fourth-order valence-corrected chi connectivity index (χ4v) is 2.91. The average molecular weight is 264 g/mol. The van der Waals surface area contributed by atoms with Gasteiger partial charge in [0.05, 0.1) is 15.9 Å². The summed E-state index contributed by atoms with van der Waals surface area (Å²) in [5.41, 5.74) is 9.39. The number of thiazole rings is 1. The normalized spacial score (nSPS) is 11.1. The van der Waals surface area contributed by atoms with E-state index < -0.39 is 0 Å². The molecule has 0 amide bonds. The maximum Gasteiger partial charge on any atom is 0.213 e. The molecular weight excluding hydrogens is 256 g/mol. The third-order valence-corrected chi connectivity index (χ3v) is 4.18. The predicted octanol–water partition coefficient (Wildman–Crippen LogP) is 1.55. The van der Waals surface area contributed by atoms with Crippen molar-refractivity contribution in [2.45, 2.75) is 10.1 Å². The van der Waals surface area contributed by atoms with Gasteiger partial charge in [-0.1, -0.05) is 0 Å². The van der Waals surface area contributed by atoms with E-state index in [4.69, 9.17) is 5.73 Å². The molecule has 1 aromatic carbocycles. The molecule has 0 aliphatic carbocycles. The Labute approximate surface area is 105 Å². The fourth-order valence-electron chi connectivity index (χ4n) is 1.43. The molecule has 2 aromatic heterocycles. The van der Waals surface area contributed by atoms with Crippen molar-refractivity contribution in [3.05, 3.63) is 17.6 Å². The maximum atomic E-state index is 6.08. The summed E-state index contributed by atoms with van der Waals surface area (Å²) in [7, 11) is 1.79. The molecule has 0 radical (unpaired) electrons. The first-order valence-electron chi connectivity index (χ1n) is 4.77. The van der Waals surface area contributed by atoms with Crippen LogP contribution in [0, 0.1) is 0 Å². The van der Waals surface area contributed by atoms with Gasteiger partial charge in [0.1, 0.15) is 5.52 Å². The topological polar surface area (TPSA) is 82.5 Å². The molecule has 0 spiro atoms. The van der Waals surface area contributed by atoms with Gasteiger partial charge >= 0.3 is 0 Å². The first kappa shape index (κ1) is 10.5. The van der Waals surface area contributed by atoms with Crippen LogP contribution in [0.4, 0.5) is 5.69 Å². The van der Waals surface area contributed by atoms with Crippen molar-refractivity contribution in [2.24, 2.45) is 7.05 Å². The summed E-state index contributed by atoms with van der Waals surface area (Å²) in [5.74, 6) is 0. The minimum absolute atomic E-state index is 0.678. The van der Waals surface area contributed by atoms with Crippen molar-refractivity contribution in [3.8, 4) is 0 Å². The van der Waals surface area contributed by atoms with Crippen LogP contribution in [-0.2, 0) is 7.05 Å². The standard InChI is InChI=1S/C9H8N6S2/c1-15-9(12-13-14-15)17-5-2-3-6-8(7(5)10)11-4-16-6/h2-4H,10H2,1H3. The summed E-state index contributed by atoms with van der Waals surface area (Å²) >= 11 is 3.01. The third kappa shape index (κ3) is 1.75. The van der Waals surface area contributed by atoms with E-state index in [1.54, 1.807) is 28.6 Å². The zero-order valence-corrected chi connectivity index (χ0v) is 10.5. The number of nitrogens with zero attached hydrogens (tertiary/aromatic N) is 5. The van der Waals surface area contributed by atoms with Crippen LogP contribution in [0.15, 0.2) is 27.7 Å². The van der Waals surface area contributed by atoms with Crippen molar-refractivity contribution in [1.82, 2.24) is 25.2 Å². The van der Waals surface area contributed by atoms with E-state index in [0.29, 0.717) is 10.8 Å². The number of nitrogen functional groups attached to an aromatic ring is 1. The molecule has 0 atom stereocenters. The smallest absolute Gasteiger partial charge is 0.213 e. The minimum atomic E-state index is 0.678. The van der Waals surface area contributed by atoms with Gasteiger partial charge in [-0.25, -0.2) is 9.67 Å². The molecule has 0 saturated carbocycles. The molecule has 0 aliphatic rings. The number of benzene rings is 1. The van der Waals surface area contributed by atoms with Gasteiger partial charge in [-0.05, 0) is 34.3 Å². The molecule has 0 unspecified atom stereocenters. The highest BCUT2D eigenvalue weighted by atomic mass is 32.2. The lowest BCUT2D eigenvalue weighted by atomic mass is 10.3. The number of aromatic nitrogens is 5. The van der Waals surface area contributed by atoms with Gasteiger partial charge in [0.15, 0.2) is 0 Å². The number of hydrogen-bond donors (Lipinski definition) is 1. The Bertz CT molecular complexity index is 673. The summed E-state index contributed by atoms with van der Waals surface area (Å²) in [6.45, 7) is 0. The van der Waals surface area contributed by atoms with Crippen LogP contribution in [0.3, 0.4) is 0 Å². The van der Waals surface area contributed by atoms with Gasteiger partial charge < -0.3 is 5.73 Å². The Kier molecular flexibility index (Phi) is 2.45.